The van der Waals surface area contributed by atoms with Gasteiger partial charge in [0.25, 0.3) is 5.91 Å². The third-order valence-electron chi connectivity index (χ3n) is 5.42. The summed E-state index contributed by atoms with van der Waals surface area (Å²) in [5.41, 5.74) is 0.666. The summed E-state index contributed by atoms with van der Waals surface area (Å²) in [5.74, 6) is -1.07. The number of halogens is 3. The second kappa shape index (κ2) is 6.24. The zero-order valence-corrected chi connectivity index (χ0v) is 14.7. The highest BCUT2D eigenvalue weighted by atomic mass is 19.4. The molecule has 0 radical (unpaired) electrons. The molecule has 27 heavy (non-hydrogen) atoms. The summed E-state index contributed by atoms with van der Waals surface area (Å²) < 4.78 is 38.5. The quantitative estimate of drug-likeness (QED) is 0.827. The number of piperidine rings is 1. The van der Waals surface area contributed by atoms with Crippen LogP contribution in [0.5, 0.6) is 0 Å². The molecule has 2 unspecified atom stereocenters. The van der Waals surface area contributed by atoms with Crippen molar-refractivity contribution in [3.8, 4) is 0 Å². The van der Waals surface area contributed by atoms with Crippen molar-refractivity contribution >= 4 is 22.8 Å². The molecular formula is C18H19F3N4O2. The van der Waals surface area contributed by atoms with E-state index in [0.29, 0.717) is 25.2 Å². The van der Waals surface area contributed by atoms with Gasteiger partial charge in [-0.05, 0) is 37.0 Å². The summed E-state index contributed by atoms with van der Waals surface area (Å²) in [4.78, 5) is 34.1. The third-order valence-corrected chi connectivity index (χ3v) is 5.42. The van der Waals surface area contributed by atoms with Crippen molar-refractivity contribution < 1.29 is 22.8 Å². The van der Waals surface area contributed by atoms with E-state index in [1.165, 1.54) is 25.1 Å². The predicted octanol–water partition coefficient (Wildman–Crippen LogP) is 2.66. The highest BCUT2D eigenvalue weighted by molar-refractivity contribution is 5.97. The van der Waals surface area contributed by atoms with Gasteiger partial charge in [-0.15, -0.1) is 0 Å². The molecule has 1 N–H and O–H groups in total. The fraction of sp³-hybridized carbons (Fsp3) is 0.500. The van der Waals surface area contributed by atoms with Gasteiger partial charge in [0.05, 0.1) is 11.0 Å². The number of aromatic amines is 1. The summed E-state index contributed by atoms with van der Waals surface area (Å²) in [5, 5.41) is 0. The van der Waals surface area contributed by atoms with Crippen LogP contribution >= 0.6 is 0 Å². The molecule has 2 aromatic rings. The number of carbonyl (C=O) groups is 2. The number of hydrogen-bond acceptors (Lipinski definition) is 3. The first-order valence-electron chi connectivity index (χ1n) is 8.86. The van der Waals surface area contributed by atoms with Gasteiger partial charge in [0.15, 0.2) is 0 Å². The minimum absolute atomic E-state index is 0.000224. The molecule has 0 saturated carbocycles. The molecule has 4 heterocycles. The number of amides is 2. The summed E-state index contributed by atoms with van der Waals surface area (Å²) in [6.07, 6.45) is -2.78. The lowest BCUT2D eigenvalue weighted by molar-refractivity contribution is -0.144. The fourth-order valence-electron chi connectivity index (χ4n) is 4.03. The Morgan fingerprint density at radius 3 is 2.67 bits per heavy atom. The third kappa shape index (κ3) is 3.26. The van der Waals surface area contributed by atoms with E-state index in [9.17, 15) is 22.8 Å². The van der Waals surface area contributed by atoms with Crippen LogP contribution in [0.15, 0.2) is 18.2 Å². The average Bonchev–Trinajstić information content (AvgIpc) is 2.83. The SMILES string of the molecule is CC(=O)N1CC2CCC(C1)N(C(=O)c1ccc3nc(C(F)(F)F)[nH]c3c1)C2. The Balaban J connectivity index is 1.62. The zero-order valence-electron chi connectivity index (χ0n) is 14.7. The second-order valence-corrected chi connectivity index (χ2v) is 7.29. The summed E-state index contributed by atoms with van der Waals surface area (Å²) >= 11 is 0. The number of carbonyl (C=O) groups excluding carboxylic acids is 2. The Kier molecular flexibility index (Phi) is 4.12. The largest absolute Gasteiger partial charge is 0.449 e. The lowest BCUT2D eigenvalue weighted by Gasteiger charge is -2.36. The van der Waals surface area contributed by atoms with Gasteiger partial charge >= 0.3 is 6.18 Å². The minimum atomic E-state index is -4.57. The standard InChI is InChI=1S/C18H19F3N4O2/c1-10(26)24-7-11-2-4-13(9-24)25(8-11)16(27)12-3-5-14-15(6-12)23-17(22-14)18(19,20)21/h3,5-6,11,13H,2,4,7-9H2,1H3,(H,22,23). The average molecular weight is 380 g/mol. The molecular weight excluding hydrogens is 361 g/mol. The Morgan fingerprint density at radius 2 is 1.96 bits per heavy atom. The predicted molar refractivity (Wildman–Crippen MR) is 90.9 cm³/mol. The molecule has 6 nitrogen and oxygen atoms in total. The van der Waals surface area contributed by atoms with E-state index in [4.69, 9.17) is 0 Å². The van der Waals surface area contributed by atoms with Crippen molar-refractivity contribution in [1.82, 2.24) is 19.8 Å². The summed E-state index contributed by atoms with van der Waals surface area (Å²) in [6.45, 7) is 3.23. The number of hydrogen-bond donors (Lipinski definition) is 1. The van der Waals surface area contributed by atoms with E-state index in [-0.39, 0.29) is 34.8 Å². The van der Waals surface area contributed by atoms with Gasteiger partial charge in [-0.1, -0.05) is 0 Å². The van der Waals surface area contributed by atoms with Crippen molar-refractivity contribution in [3.63, 3.8) is 0 Å². The maximum atomic E-state index is 13.0. The van der Waals surface area contributed by atoms with E-state index in [1.54, 1.807) is 9.80 Å². The number of imidazole rings is 1. The number of rotatable bonds is 1. The van der Waals surface area contributed by atoms with E-state index in [2.05, 4.69) is 9.97 Å². The number of nitrogens with zero attached hydrogens (tertiary/aromatic N) is 3. The van der Waals surface area contributed by atoms with Crippen molar-refractivity contribution in [1.29, 1.82) is 0 Å². The van der Waals surface area contributed by atoms with E-state index in [0.717, 1.165) is 12.8 Å². The monoisotopic (exact) mass is 380 g/mol. The molecule has 1 aromatic heterocycles. The van der Waals surface area contributed by atoms with Crippen LogP contribution in [-0.4, -0.2) is 57.3 Å². The second-order valence-electron chi connectivity index (χ2n) is 7.29. The Morgan fingerprint density at radius 1 is 1.19 bits per heavy atom. The molecule has 0 aliphatic carbocycles. The topological polar surface area (TPSA) is 69.3 Å². The smallest absolute Gasteiger partial charge is 0.341 e. The number of fused-ring (bicyclic) bond motifs is 5. The van der Waals surface area contributed by atoms with Gasteiger partial charge in [0.2, 0.25) is 11.7 Å². The van der Waals surface area contributed by atoms with Crippen LogP contribution in [0.1, 0.15) is 35.9 Å². The van der Waals surface area contributed by atoms with Gasteiger partial charge < -0.3 is 14.8 Å². The molecule has 5 rings (SSSR count). The lowest BCUT2D eigenvalue weighted by atomic mass is 9.94. The molecule has 3 aliphatic heterocycles. The van der Waals surface area contributed by atoms with Gasteiger partial charge in [-0.3, -0.25) is 9.59 Å². The fourth-order valence-corrected chi connectivity index (χ4v) is 4.03. The number of H-pyrrole nitrogens is 1. The van der Waals surface area contributed by atoms with Gasteiger partial charge in [0.1, 0.15) is 0 Å². The number of aromatic nitrogens is 2. The van der Waals surface area contributed by atoms with E-state index in [1.807, 2.05) is 0 Å². The van der Waals surface area contributed by atoms with Crippen LogP contribution in [-0.2, 0) is 11.0 Å². The first-order valence-corrected chi connectivity index (χ1v) is 8.86. The van der Waals surface area contributed by atoms with E-state index >= 15 is 0 Å². The molecule has 2 atom stereocenters. The van der Waals surface area contributed by atoms with E-state index < -0.39 is 12.0 Å². The van der Waals surface area contributed by atoms with Gasteiger partial charge in [-0.25, -0.2) is 4.98 Å². The first kappa shape index (κ1) is 17.8. The number of nitrogens with one attached hydrogen (secondary N) is 1. The Labute approximate surface area is 153 Å². The Bertz CT molecular complexity index is 908. The molecule has 3 fully saturated rings. The molecule has 3 aliphatic rings. The minimum Gasteiger partial charge on any atom is -0.341 e. The van der Waals surface area contributed by atoms with Crippen LogP contribution in [0.3, 0.4) is 0 Å². The molecule has 9 heteroatoms. The zero-order chi connectivity index (χ0) is 19.3. The summed E-state index contributed by atoms with van der Waals surface area (Å²) in [6, 6.07) is 4.28. The van der Waals surface area contributed by atoms with Crippen LogP contribution < -0.4 is 0 Å². The maximum absolute atomic E-state index is 13.0. The van der Waals surface area contributed by atoms with Crippen molar-refractivity contribution in [3.05, 3.63) is 29.6 Å². The Hall–Kier alpha value is -2.58. The molecule has 144 valence electrons. The number of alkyl halides is 3. The van der Waals surface area contributed by atoms with Crippen LogP contribution in [0.25, 0.3) is 11.0 Å². The number of benzene rings is 1. The first-order chi connectivity index (χ1) is 12.7. The molecule has 0 spiro atoms. The van der Waals surface area contributed by atoms with Crippen LogP contribution in [0.4, 0.5) is 13.2 Å². The van der Waals surface area contributed by atoms with Crippen molar-refractivity contribution in [2.75, 3.05) is 19.6 Å². The van der Waals surface area contributed by atoms with Crippen LogP contribution in [0.2, 0.25) is 0 Å². The molecule has 1 aromatic carbocycles. The highest BCUT2D eigenvalue weighted by Gasteiger charge is 2.38. The van der Waals surface area contributed by atoms with Crippen molar-refractivity contribution in [2.45, 2.75) is 32.0 Å². The molecule has 2 amide bonds. The normalized spacial score (nSPS) is 23.0. The lowest BCUT2D eigenvalue weighted by Crippen LogP contribution is -2.47. The van der Waals surface area contributed by atoms with Gasteiger partial charge in [-0.2, -0.15) is 13.2 Å². The maximum Gasteiger partial charge on any atom is 0.449 e. The highest BCUT2D eigenvalue weighted by Crippen LogP contribution is 2.31. The summed E-state index contributed by atoms with van der Waals surface area (Å²) in [7, 11) is 0. The molecule has 2 bridgehead atoms. The molecule has 3 saturated heterocycles. The van der Waals surface area contributed by atoms with Crippen LogP contribution in [0, 0.1) is 5.92 Å². The van der Waals surface area contributed by atoms with Crippen molar-refractivity contribution in [2.24, 2.45) is 5.92 Å². The van der Waals surface area contributed by atoms with Gasteiger partial charge in [0, 0.05) is 38.2 Å².